The monoisotopic (exact) mass is 431 g/mol. The Morgan fingerprint density at radius 3 is 2.77 bits per heavy atom. The zero-order valence-corrected chi connectivity index (χ0v) is 16.4. The minimum Gasteiger partial charge on any atom is -0.394 e. The molecule has 4 heterocycles. The summed E-state index contributed by atoms with van der Waals surface area (Å²) in [6.45, 7) is 0.110. The molecule has 4 atom stereocenters. The Kier molecular flexibility index (Phi) is 4.68. The maximum absolute atomic E-state index is 12.5. The Bertz CT molecular complexity index is 1100. The number of hydrogen-bond donors (Lipinski definition) is 3. The number of anilines is 1. The van der Waals surface area contributed by atoms with Gasteiger partial charge in [0.2, 0.25) is 5.95 Å². The molecule has 2 saturated heterocycles. The van der Waals surface area contributed by atoms with Crippen molar-refractivity contribution in [3.05, 3.63) is 47.4 Å². The number of carbonyl (C=O) groups is 1. The smallest absolute Gasteiger partial charge is 0.258 e. The molecule has 0 aliphatic carbocycles. The number of fused-ring (bicyclic) bond motifs is 1. The Labute approximate surface area is 175 Å². The van der Waals surface area contributed by atoms with Gasteiger partial charge in [0.15, 0.2) is 17.0 Å². The number of nitrogens with zero attached hydrogens (tertiary/aromatic N) is 4. The number of aliphatic hydroxyl groups is 2. The molecule has 156 valence electrons. The van der Waals surface area contributed by atoms with E-state index in [2.05, 4.69) is 20.3 Å². The third-order valence-corrected chi connectivity index (χ3v) is 5.77. The summed E-state index contributed by atoms with van der Waals surface area (Å²) in [6.07, 6.45) is -0.567. The highest BCUT2D eigenvalue weighted by atomic mass is 35.5. The minimum atomic E-state index is -1.01. The fraction of sp³-hybridized carbons (Fsp3) is 0.368. The zero-order chi connectivity index (χ0) is 20.9. The van der Waals surface area contributed by atoms with Crippen molar-refractivity contribution >= 4 is 34.6 Å². The average molecular weight is 432 g/mol. The number of amides is 1. The predicted octanol–water partition coefficient (Wildman–Crippen LogP) is 1.14. The van der Waals surface area contributed by atoms with Crippen molar-refractivity contribution in [2.45, 2.75) is 30.5 Å². The van der Waals surface area contributed by atoms with Crippen molar-refractivity contribution in [3.8, 4) is 0 Å². The molecule has 1 spiro atoms. The second-order valence-corrected chi connectivity index (χ2v) is 7.55. The Morgan fingerprint density at radius 1 is 1.33 bits per heavy atom. The van der Waals surface area contributed by atoms with E-state index in [4.69, 9.17) is 21.1 Å². The number of nitrogens with one attached hydrogen (secondary N) is 1. The first-order valence-corrected chi connectivity index (χ1v) is 9.76. The van der Waals surface area contributed by atoms with Crippen LogP contribution in [-0.2, 0) is 9.47 Å². The molecule has 2 aliphatic rings. The number of rotatable bonds is 4. The second-order valence-electron chi connectivity index (χ2n) is 7.19. The van der Waals surface area contributed by atoms with Crippen molar-refractivity contribution in [3.63, 3.8) is 0 Å². The zero-order valence-electron chi connectivity index (χ0n) is 15.6. The van der Waals surface area contributed by atoms with Crippen molar-refractivity contribution in [2.24, 2.45) is 0 Å². The summed E-state index contributed by atoms with van der Waals surface area (Å²) in [6, 6.07) is 8.64. The van der Waals surface area contributed by atoms with E-state index in [1.807, 2.05) is 6.07 Å². The van der Waals surface area contributed by atoms with E-state index in [9.17, 15) is 15.0 Å². The molecular formula is C19H18ClN5O5. The third-order valence-electron chi connectivity index (χ3n) is 5.51. The maximum atomic E-state index is 12.5. The first-order chi connectivity index (χ1) is 14.5. The van der Waals surface area contributed by atoms with Gasteiger partial charge in [-0.15, -0.1) is 0 Å². The topological polar surface area (TPSA) is 132 Å². The molecule has 0 bridgehead atoms. The van der Waals surface area contributed by atoms with Gasteiger partial charge < -0.3 is 19.7 Å². The predicted molar refractivity (Wildman–Crippen MR) is 105 cm³/mol. The van der Waals surface area contributed by atoms with Crippen molar-refractivity contribution in [1.29, 1.82) is 0 Å². The number of hydrogen-bond acceptors (Lipinski definition) is 8. The van der Waals surface area contributed by atoms with Crippen molar-refractivity contribution in [2.75, 3.05) is 18.5 Å². The van der Waals surface area contributed by atoms with E-state index in [1.165, 1.54) is 6.33 Å². The highest BCUT2D eigenvalue weighted by Crippen LogP contribution is 2.49. The lowest BCUT2D eigenvalue weighted by Crippen LogP contribution is -2.56. The summed E-state index contributed by atoms with van der Waals surface area (Å²) in [7, 11) is 0. The number of imidazole rings is 1. The minimum absolute atomic E-state index is 0.00364. The van der Waals surface area contributed by atoms with Crippen molar-refractivity contribution in [1.82, 2.24) is 19.5 Å². The van der Waals surface area contributed by atoms with Gasteiger partial charge in [-0.3, -0.25) is 14.7 Å². The lowest BCUT2D eigenvalue weighted by Gasteiger charge is -2.44. The lowest BCUT2D eigenvalue weighted by molar-refractivity contribution is -0.225. The third kappa shape index (κ3) is 2.88. The largest absolute Gasteiger partial charge is 0.394 e. The maximum Gasteiger partial charge on any atom is 0.258 e. The van der Waals surface area contributed by atoms with Crippen LogP contribution in [0.5, 0.6) is 0 Å². The molecule has 5 rings (SSSR count). The van der Waals surface area contributed by atoms with Gasteiger partial charge in [0.05, 0.1) is 19.5 Å². The van der Waals surface area contributed by atoms with Crippen LogP contribution in [0.25, 0.3) is 11.2 Å². The van der Waals surface area contributed by atoms with Crippen LogP contribution < -0.4 is 5.32 Å². The number of ether oxygens (including phenoxy) is 2. The molecule has 10 nitrogen and oxygen atoms in total. The summed E-state index contributed by atoms with van der Waals surface area (Å²) >= 11 is 6.28. The molecule has 3 N–H and O–H groups in total. The highest BCUT2D eigenvalue weighted by molar-refractivity contribution is 6.33. The van der Waals surface area contributed by atoms with Crippen LogP contribution in [0.2, 0.25) is 5.15 Å². The van der Waals surface area contributed by atoms with Crippen LogP contribution in [0.4, 0.5) is 5.95 Å². The van der Waals surface area contributed by atoms with Crippen LogP contribution in [0.1, 0.15) is 23.0 Å². The molecule has 4 unspecified atom stereocenters. The van der Waals surface area contributed by atoms with E-state index in [1.54, 1.807) is 28.8 Å². The number of halogens is 1. The van der Waals surface area contributed by atoms with Crippen LogP contribution in [0, 0.1) is 0 Å². The van der Waals surface area contributed by atoms with E-state index in [0.29, 0.717) is 29.8 Å². The van der Waals surface area contributed by atoms with Gasteiger partial charge >= 0.3 is 0 Å². The SMILES string of the molecule is O=C(Nc1nc(Cl)c2ncn(C3OC(CO)C(O)C34CCO4)c2n1)c1ccccc1. The quantitative estimate of drug-likeness (QED) is 0.524. The first-order valence-electron chi connectivity index (χ1n) is 9.38. The van der Waals surface area contributed by atoms with Gasteiger partial charge in [-0.25, -0.2) is 4.98 Å². The number of benzene rings is 1. The Hall–Kier alpha value is -2.63. The molecule has 3 aromatic rings. The van der Waals surface area contributed by atoms with Crippen LogP contribution in [0.15, 0.2) is 36.7 Å². The summed E-state index contributed by atoms with van der Waals surface area (Å²) in [5.41, 5.74) is 0.0606. The molecule has 11 heteroatoms. The lowest BCUT2D eigenvalue weighted by atomic mass is 9.86. The molecule has 2 fully saturated rings. The Morgan fingerprint density at radius 2 is 2.10 bits per heavy atom. The van der Waals surface area contributed by atoms with E-state index < -0.39 is 24.0 Å². The van der Waals surface area contributed by atoms with Gasteiger partial charge in [0.25, 0.3) is 5.91 Å². The molecule has 2 aromatic heterocycles. The molecule has 1 amide bonds. The number of aliphatic hydroxyl groups excluding tert-OH is 2. The number of aromatic nitrogens is 4. The second kappa shape index (κ2) is 7.25. The number of carbonyl (C=O) groups excluding carboxylic acids is 1. The van der Waals surface area contributed by atoms with Crippen molar-refractivity contribution < 1.29 is 24.5 Å². The Balaban J connectivity index is 1.52. The van der Waals surface area contributed by atoms with Crippen LogP contribution in [-0.4, -0.2) is 66.7 Å². The van der Waals surface area contributed by atoms with E-state index in [-0.39, 0.29) is 23.6 Å². The normalized spacial score (nSPS) is 28.0. The van der Waals surface area contributed by atoms with Gasteiger partial charge in [0, 0.05) is 12.0 Å². The summed E-state index contributed by atoms with van der Waals surface area (Å²) < 4.78 is 13.2. The van der Waals surface area contributed by atoms with Gasteiger partial charge in [-0.05, 0) is 12.1 Å². The fourth-order valence-electron chi connectivity index (χ4n) is 3.90. The highest BCUT2D eigenvalue weighted by Gasteiger charge is 2.61. The molecule has 0 saturated carbocycles. The molecule has 0 radical (unpaired) electrons. The van der Waals surface area contributed by atoms with E-state index >= 15 is 0 Å². The fourth-order valence-corrected chi connectivity index (χ4v) is 4.11. The van der Waals surface area contributed by atoms with Crippen LogP contribution >= 0.6 is 11.6 Å². The molecule has 1 aromatic carbocycles. The summed E-state index contributed by atoms with van der Waals surface area (Å²) in [5.74, 6) is -0.382. The van der Waals surface area contributed by atoms with E-state index in [0.717, 1.165) is 0 Å². The van der Waals surface area contributed by atoms with Gasteiger partial charge in [-0.1, -0.05) is 29.8 Å². The first kappa shape index (κ1) is 19.3. The molecule has 30 heavy (non-hydrogen) atoms. The van der Waals surface area contributed by atoms with Crippen LogP contribution in [0.3, 0.4) is 0 Å². The summed E-state index contributed by atoms with van der Waals surface area (Å²) in [4.78, 5) is 25.2. The standard InChI is InChI=1S/C19H18ClN5O5/c20-14-12-15(23-18(22-14)24-16(28)10-4-2-1-3-5-10)25(9-21-12)17-19(6-7-29-19)13(27)11(8-26)30-17/h1-5,9,11,13,17,26-27H,6-8H2,(H,22,23,24,28). The molecular weight excluding hydrogens is 414 g/mol. The van der Waals surface area contributed by atoms with Gasteiger partial charge in [-0.2, -0.15) is 9.97 Å². The average Bonchev–Trinajstić information content (AvgIpc) is 3.27. The molecule has 2 aliphatic heterocycles. The van der Waals surface area contributed by atoms with Gasteiger partial charge in [0.1, 0.15) is 23.3 Å². The summed E-state index contributed by atoms with van der Waals surface area (Å²) in [5, 5.41) is 22.8.